The fourth-order valence-corrected chi connectivity index (χ4v) is 3.72. The number of rotatable bonds is 15. The summed E-state index contributed by atoms with van der Waals surface area (Å²) in [4.78, 5) is 38.1. The number of halogens is 3. The normalized spacial score (nSPS) is 13.2. The van der Waals surface area contributed by atoms with Crippen molar-refractivity contribution in [3.63, 3.8) is 0 Å². The monoisotopic (exact) mass is 596 g/mol. The van der Waals surface area contributed by atoms with Gasteiger partial charge >= 0.3 is 13.3 Å². The lowest BCUT2D eigenvalue weighted by molar-refractivity contribution is -0.137. The molecule has 0 heterocycles. The summed E-state index contributed by atoms with van der Waals surface area (Å²) in [6.07, 6.45) is -4.69. The number of aryl methyl sites for hydroxylation is 1. The molecule has 0 saturated heterocycles. The Hall–Kier alpha value is -3.54. The smallest absolute Gasteiger partial charge is 0.423 e. The molecule has 1 unspecified atom stereocenters. The summed E-state index contributed by atoms with van der Waals surface area (Å²) in [5.74, 6) is -1.95. The molecule has 0 radical (unpaired) electrons. The molecule has 16 heteroatoms. The Morgan fingerprint density at radius 2 is 1.60 bits per heavy atom. The largest absolute Gasteiger partial charge is 0.488 e. The van der Waals surface area contributed by atoms with E-state index in [4.69, 9.17) is 17.2 Å². The maximum atomic E-state index is 13.1. The third-order valence-corrected chi connectivity index (χ3v) is 6.48. The highest BCUT2D eigenvalue weighted by atomic mass is 19.4. The maximum Gasteiger partial charge on any atom is 0.488 e. The molecule has 0 aliphatic heterocycles. The minimum atomic E-state index is -4.51. The molecule has 0 bridgehead atoms. The molecule has 2 atom stereocenters. The Morgan fingerprint density at radius 3 is 2.17 bits per heavy atom. The van der Waals surface area contributed by atoms with Crippen LogP contribution in [0.2, 0.25) is 0 Å². The van der Waals surface area contributed by atoms with E-state index in [0.29, 0.717) is 5.56 Å². The SMILES string of the molecule is NCC(O)(CN)CNC(=O)CCC(N)C(=O)N[C@H](CCc1ccc(C(F)(F)F)cc1)C(=O)Nc1cccc(B(O)O)c1. The predicted octanol–water partition coefficient (Wildman–Crippen LogP) is -1.69. The van der Waals surface area contributed by atoms with Gasteiger partial charge in [0.1, 0.15) is 11.6 Å². The number of alkyl halides is 3. The van der Waals surface area contributed by atoms with Crippen LogP contribution in [0.5, 0.6) is 0 Å². The predicted molar refractivity (Wildman–Crippen MR) is 150 cm³/mol. The van der Waals surface area contributed by atoms with Crippen molar-refractivity contribution in [1.82, 2.24) is 10.6 Å². The summed E-state index contributed by atoms with van der Waals surface area (Å²) in [6, 6.07) is 7.68. The van der Waals surface area contributed by atoms with Crippen LogP contribution in [0.25, 0.3) is 0 Å². The Balaban J connectivity index is 2.08. The van der Waals surface area contributed by atoms with Gasteiger partial charge in [0.25, 0.3) is 0 Å². The van der Waals surface area contributed by atoms with E-state index in [1.165, 1.54) is 36.4 Å². The molecule has 12 nitrogen and oxygen atoms in total. The van der Waals surface area contributed by atoms with Crippen molar-refractivity contribution in [3.05, 3.63) is 59.7 Å². The highest BCUT2D eigenvalue weighted by molar-refractivity contribution is 6.58. The molecule has 0 saturated carbocycles. The molecule has 12 N–H and O–H groups in total. The van der Waals surface area contributed by atoms with Gasteiger partial charge in [-0.3, -0.25) is 14.4 Å². The van der Waals surface area contributed by atoms with E-state index in [-0.39, 0.29) is 56.5 Å². The fourth-order valence-electron chi connectivity index (χ4n) is 3.72. The van der Waals surface area contributed by atoms with E-state index >= 15 is 0 Å². The molecule has 0 fully saturated rings. The first kappa shape index (κ1) is 34.7. The van der Waals surface area contributed by atoms with Crippen LogP contribution >= 0.6 is 0 Å². The van der Waals surface area contributed by atoms with Crippen LogP contribution in [-0.4, -0.2) is 77.3 Å². The lowest BCUT2D eigenvalue weighted by Gasteiger charge is -2.25. The standard InChI is InChI=1S/C26H36BF3N6O6/c28-26(29,30)17-7-4-16(5-8-17)6-10-21(24(39)35-19-3-1-2-18(12-19)27(41)42)36-23(38)20(33)9-11-22(37)34-15-25(40,13-31)14-32/h1-5,7-8,12,20-21,40-42H,6,9-11,13-15,31-33H2,(H,34,37)(H,35,39)(H,36,38)/t20?,21-/m1/s1. The van der Waals surface area contributed by atoms with Gasteiger partial charge in [-0.1, -0.05) is 24.3 Å². The summed E-state index contributed by atoms with van der Waals surface area (Å²) in [5, 5.41) is 36.4. The third-order valence-electron chi connectivity index (χ3n) is 6.48. The minimum Gasteiger partial charge on any atom is -0.423 e. The number of carbonyl (C=O) groups excluding carboxylic acids is 3. The number of aliphatic hydroxyl groups is 1. The first-order chi connectivity index (χ1) is 19.7. The van der Waals surface area contributed by atoms with Crippen molar-refractivity contribution in [3.8, 4) is 0 Å². The van der Waals surface area contributed by atoms with Gasteiger partial charge in [0, 0.05) is 31.7 Å². The van der Waals surface area contributed by atoms with Crippen LogP contribution in [0.15, 0.2) is 48.5 Å². The zero-order valence-electron chi connectivity index (χ0n) is 22.7. The first-order valence-electron chi connectivity index (χ1n) is 13.1. The van der Waals surface area contributed by atoms with Crippen LogP contribution in [0.3, 0.4) is 0 Å². The highest BCUT2D eigenvalue weighted by Gasteiger charge is 2.30. The molecular weight excluding hydrogens is 560 g/mol. The number of anilines is 1. The third kappa shape index (κ3) is 11.0. The van der Waals surface area contributed by atoms with Gasteiger partial charge in [-0.15, -0.1) is 0 Å². The van der Waals surface area contributed by atoms with E-state index in [9.17, 15) is 42.7 Å². The molecule has 3 amide bonds. The number of carbonyl (C=O) groups is 3. The van der Waals surface area contributed by atoms with E-state index in [1.54, 1.807) is 0 Å². The molecule has 2 aromatic carbocycles. The van der Waals surface area contributed by atoms with Crippen LogP contribution in [0.1, 0.15) is 30.4 Å². The minimum absolute atomic E-state index is 0.0186. The van der Waals surface area contributed by atoms with E-state index in [0.717, 1.165) is 12.1 Å². The number of hydrogen-bond acceptors (Lipinski definition) is 9. The number of nitrogens with one attached hydrogen (secondary N) is 3. The molecule has 2 aromatic rings. The average molecular weight is 596 g/mol. The molecule has 0 aliphatic rings. The summed E-state index contributed by atoms with van der Waals surface area (Å²) in [7, 11) is -1.79. The fraction of sp³-hybridized carbons (Fsp3) is 0.423. The van der Waals surface area contributed by atoms with Crippen LogP contribution < -0.4 is 38.6 Å². The summed E-state index contributed by atoms with van der Waals surface area (Å²) >= 11 is 0. The molecule has 2 rings (SSSR count). The van der Waals surface area contributed by atoms with Crippen molar-refractivity contribution in [1.29, 1.82) is 0 Å². The zero-order chi connectivity index (χ0) is 31.5. The van der Waals surface area contributed by atoms with Crippen molar-refractivity contribution in [2.75, 3.05) is 25.0 Å². The van der Waals surface area contributed by atoms with Gasteiger partial charge < -0.3 is 48.3 Å². The van der Waals surface area contributed by atoms with Gasteiger partial charge in [-0.2, -0.15) is 13.2 Å². The van der Waals surface area contributed by atoms with E-state index in [1.807, 2.05) is 0 Å². The Kier molecular flexibility index (Phi) is 12.9. The topological polar surface area (TPSA) is 226 Å². The second-order valence-electron chi connectivity index (χ2n) is 9.84. The van der Waals surface area contributed by atoms with Gasteiger partial charge in [-0.25, -0.2) is 0 Å². The highest BCUT2D eigenvalue weighted by Crippen LogP contribution is 2.29. The molecule has 0 spiro atoms. The summed E-state index contributed by atoms with van der Waals surface area (Å²) in [5.41, 5.74) is 15.3. The molecule has 230 valence electrons. The molecule has 0 aromatic heterocycles. The van der Waals surface area contributed by atoms with Crippen molar-refractivity contribution >= 4 is 36.0 Å². The summed E-state index contributed by atoms with van der Waals surface area (Å²) in [6.45, 7) is -0.542. The number of benzene rings is 2. The average Bonchev–Trinajstić information content (AvgIpc) is 2.96. The number of amides is 3. The van der Waals surface area contributed by atoms with E-state index < -0.39 is 54.3 Å². The van der Waals surface area contributed by atoms with Crippen LogP contribution in [0.4, 0.5) is 18.9 Å². The van der Waals surface area contributed by atoms with Crippen LogP contribution in [-0.2, 0) is 27.0 Å². The van der Waals surface area contributed by atoms with Crippen molar-refractivity contribution < 1.29 is 42.7 Å². The maximum absolute atomic E-state index is 13.1. The lowest BCUT2D eigenvalue weighted by atomic mass is 9.80. The van der Waals surface area contributed by atoms with Crippen molar-refractivity contribution in [2.45, 2.75) is 49.5 Å². The quantitative estimate of drug-likeness (QED) is 0.107. The van der Waals surface area contributed by atoms with Gasteiger partial charge in [-0.05, 0) is 54.6 Å². The summed E-state index contributed by atoms with van der Waals surface area (Å²) < 4.78 is 38.7. The molecule has 0 aliphatic carbocycles. The number of hydrogen-bond donors (Lipinski definition) is 9. The Labute approximate surface area is 241 Å². The van der Waals surface area contributed by atoms with Crippen LogP contribution in [0, 0.1) is 0 Å². The van der Waals surface area contributed by atoms with Gasteiger partial charge in [0.2, 0.25) is 17.7 Å². The van der Waals surface area contributed by atoms with Gasteiger partial charge in [0.15, 0.2) is 0 Å². The van der Waals surface area contributed by atoms with E-state index in [2.05, 4.69) is 16.0 Å². The molecule has 42 heavy (non-hydrogen) atoms. The van der Waals surface area contributed by atoms with Crippen molar-refractivity contribution in [2.24, 2.45) is 17.2 Å². The zero-order valence-corrected chi connectivity index (χ0v) is 22.7. The Morgan fingerprint density at radius 1 is 0.952 bits per heavy atom. The lowest BCUT2D eigenvalue weighted by Crippen LogP contribution is -2.53. The molecular formula is C26H36BF3N6O6. The number of nitrogens with two attached hydrogens (primary N) is 3. The second kappa shape index (κ2) is 15.6. The van der Waals surface area contributed by atoms with Gasteiger partial charge in [0.05, 0.1) is 11.6 Å². The Bertz CT molecular complexity index is 1200. The first-order valence-corrected chi connectivity index (χ1v) is 13.1. The second-order valence-corrected chi connectivity index (χ2v) is 9.84.